The fourth-order valence-corrected chi connectivity index (χ4v) is 3.47. The lowest BCUT2D eigenvalue weighted by atomic mass is 9.78. The summed E-state index contributed by atoms with van der Waals surface area (Å²) in [6.07, 6.45) is 5.55. The van der Waals surface area contributed by atoms with Gasteiger partial charge in [-0.1, -0.05) is 37.0 Å². The highest BCUT2D eigenvalue weighted by atomic mass is 16.5. The third-order valence-electron chi connectivity index (χ3n) is 4.59. The van der Waals surface area contributed by atoms with Crippen molar-refractivity contribution >= 4 is 0 Å². The standard InChI is InChI=1S/C18H28O3/c1-4-21-18(10-6-5-7-11-18)17(19)13-15-12-14(2)8-9-16(15)20-3/h8-9,12,17,19H,4-7,10-11,13H2,1-3H3. The monoisotopic (exact) mass is 292 g/mol. The summed E-state index contributed by atoms with van der Waals surface area (Å²) in [5.74, 6) is 0.849. The quantitative estimate of drug-likeness (QED) is 0.870. The van der Waals surface area contributed by atoms with E-state index in [1.54, 1.807) is 7.11 Å². The molecule has 0 radical (unpaired) electrons. The molecule has 1 atom stereocenters. The molecule has 0 saturated heterocycles. The first-order valence-electron chi connectivity index (χ1n) is 8.07. The zero-order valence-electron chi connectivity index (χ0n) is 13.5. The van der Waals surface area contributed by atoms with Crippen molar-refractivity contribution in [2.45, 2.75) is 64.1 Å². The Morgan fingerprint density at radius 3 is 2.57 bits per heavy atom. The minimum absolute atomic E-state index is 0.373. The van der Waals surface area contributed by atoms with Crippen molar-refractivity contribution in [2.24, 2.45) is 0 Å². The molecule has 118 valence electrons. The van der Waals surface area contributed by atoms with E-state index in [0.717, 1.165) is 37.0 Å². The molecule has 3 nitrogen and oxygen atoms in total. The number of aryl methyl sites for hydroxylation is 1. The van der Waals surface area contributed by atoms with E-state index in [-0.39, 0.29) is 5.60 Å². The second kappa shape index (κ2) is 7.28. The lowest BCUT2D eigenvalue weighted by Gasteiger charge is -2.41. The SMILES string of the molecule is CCOC1(C(O)Cc2cc(C)ccc2OC)CCCCC1. The van der Waals surface area contributed by atoms with Crippen LogP contribution in [0.5, 0.6) is 5.75 Å². The van der Waals surface area contributed by atoms with Crippen LogP contribution in [-0.4, -0.2) is 30.5 Å². The molecule has 1 fully saturated rings. The van der Waals surface area contributed by atoms with Crippen molar-refractivity contribution in [3.05, 3.63) is 29.3 Å². The summed E-state index contributed by atoms with van der Waals surface area (Å²) in [5, 5.41) is 10.8. The summed E-state index contributed by atoms with van der Waals surface area (Å²) in [7, 11) is 1.68. The van der Waals surface area contributed by atoms with E-state index in [0.29, 0.717) is 13.0 Å². The molecule has 1 unspecified atom stereocenters. The highest BCUT2D eigenvalue weighted by Gasteiger charge is 2.40. The van der Waals surface area contributed by atoms with Crippen LogP contribution < -0.4 is 4.74 Å². The van der Waals surface area contributed by atoms with E-state index >= 15 is 0 Å². The second-order valence-corrected chi connectivity index (χ2v) is 6.09. The van der Waals surface area contributed by atoms with E-state index in [2.05, 4.69) is 13.0 Å². The number of aliphatic hydroxyl groups excluding tert-OH is 1. The molecule has 21 heavy (non-hydrogen) atoms. The number of hydrogen-bond acceptors (Lipinski definition) is 3. The predicted molar refractivity (Wildman–Crippen MR) is 84.9 cm³/mol. The van der Waals surface area contributed by atoms with Gasteiger partial charge in [-0.05, 0) is 38.3 Å². The Morgan fingerprint density at radius 1 is 1.24 bits per heavy atom. The van der Waals surface area contributed by atoms with Gasteiger partial charge >= 0.3 is 0 Å². The predicted octanol–water partition coefficient (Wildman–Crippen LogP) is 3.65. The molecule has 0 bridgehead atoms. The molecule has 1 aromatic rings. The number of rotatable bonds is 6. The van der Waals surface area contributed by atoms with Gasteiger partial charge in [-0.2, -0.15) is 0 Å². The van der Waals surface area contributed by atoms with Crippen LogP contribution in [0.1, 0.15) is 50.2 Å². The fourth-order valence-electron chi connectivity index (χ4n) is 3.47. The topological polar surface area (TPSA) is 38.7 Å². The molecule has 0 aliphatic heterocycles. The Labute approximate surface area is 128 Å². The van der Waals surface area contributed by atoms with Gasteiger partial charge in [-0.15, -0.1) is 0 Å². The maximum absolute atomic E-state index is 10.8. The normalized spacial score (nSPS) is 19.2. The van der Waals surface area contributed by atoms with Gasteiger partial charge in [0.05, 0.1) is 18.8 Å². The summed E-state index contributed by atoms with van der Waals surface area (Å²) in [6.45, 7) is 4.73. The number of ether oxygens (including phenoxy) is 2. The maximum Gasteiger partial charge on any atom is 0.122 e. The van der Waals surface area contributed by atoms with Crippen molar-refractivity contribution in [1.29, 1.82) is 0 Å². The Bertz CT molecular complexity index is 444. The number of methoxy groups -OCH3 is 1. The minimum atomic E-state index is -0.478. The molecular formula is C18H28O3. The van der Waals surface area contributed by atoms with Gasteiger partial charge in [-0.3, -0.25) is 0 Å². The van der Waals surface area contributed by atoms with Crippen LogP contribution in [0.2, 0.25) is 0 Å². The molecule has 1 aliphatic carbocycles. The van der Waals surface area contributed by atoms with Crippen LogP contribution in [0, 0.1) is 6.92 Å². The van der Waals surface area contributed by atoms with Crippen LogP contribution in [0.15, 0.2) is 18.2 Å². The molecule has 1 aromatic carbocycles. The Hall–Kier alpha value is -1.06. The first-order chi connectivity index (χ1) is 10.1. The van der Waals surface area contributed by atoms with Crippen molar-refractivity contribution in [3.63, 3.8) is 0 Å². The first-order valence-corrected chi connectivity index (χ1v) is 8.07. The van der Waals surface area contributed by atoms with E-state index in [1.807, 2.05) is 19.1 Å². The van der Waals surface area contributed by atoms with Gasteiger partial charge in [0, 0.05) is 13.0 Å². The second-order valence-electron chi connectivity index (χ2n) is 6.09. The summed E-state index contributed by atoms with van der Waals surface area (Å²) in [4.78, 5) is 0. The van der Waals surface area contributed by atoms with Crippen LogP contribution in [0.3, 0.4) is 0 Å². The molecule has 0 aromatic heterocycles. The molecule has 0 heterocycles. The molecule has 1 saturated carbocycles. The van der Waals surface area contributed by atoms with E-state index < -0.39 is 6.10 Å². The maximum atomic E-state index is 10.8. The number of aliphatic hydroxyl groups is 1. The van der Waals surface area contributed by atoms with Crippen molar-refractivity contribution < 1.29 is 14.6 Å². The fraction of sp³-hybridized carbons (Fsp3) is 0.667. The highest BCUT2D eigenvalue weighted by Crippen LogP contribution is 2.36. The molecule has 1 N–H and O–H groups in total. The number of hydrogen-bond donors (Lipinski definition) is 1. The summed E-state index contributed by atoms with van der Waals surface area (Å²) in [5.41, 5.74) is 1.88. The van der Waals surface area contributed by atoms with Crippen molar-refractivity contribution in [2.75, 3.05) is 13.7 Å². The van der Waals surface area contributed by atoms with Crippen LogP contribution >= 0.6 is 0 Å². The van der Waals surface area contributed by atoms with Gasteiger partial charge in [-0.25, -0.2) is 0 Å². The minimum Gasteiger partial charge on any atom is -0.496 e. The molecule has 3 heteroatoms. The first kappa shape index (κ1) is 16.3. The largest absolute Gasteiger partial charge is 0.496 e. The lowest BCUT2D eigenvalue weighted by molar-refractivity contribution is -0.138. The molecule has 0 amide bonds. The third kappa shape index (κ3) is 3.78. The smallest absolute Gasteiger partial charge is 0.122 e. The number of benzene rings is 1. The molecule has 1 aliphatic rings. The Kier molecular flexibility index (Phi) is 5.65. The summed E-state index contributed by atoms with van der Waals surface area (Å²) < 4.78 is 11.4. The highest BCUT2D eigenvalue weighted by molar-refractivity contribution is 5.37. The van der Waals surface area contributed by atoms with Crippen LogP contribution in [0.4, 0.5) is 0 Å². The van der Waals surface area contributed by atoms with Gasteiger partial charge in [0.25, 0.3) is 0 Å². The van der Waals surface area contributed by atoms with Crippen LogP contribution in [-0.2, 0) is 11.2 Å². The summed E-state index contributed by atoms with van der Waals surface area (Å²) in [6, 6.07) is 6.11. The Morgan fingerprint density at radius 2 is 1.95 bits per heavy atom. The zero-order valence-corrected chi connectivity index (χ0v) is 13.5. The third-order valence-corrected chi connectivity index (χ3v) is 4.59. The van der Waals surface area contributed by atoms with Gasteiger partial charge in [0.2, 0.25) is 0 Å². The lowest BCUT2D eigenvalue weighted by Crippen LogP contribution is -2.47. The Balaban J connectivity index is 2.18. The van der Waals surface area contributed by atoms with Crippen molar-refractivity contribution in [3.8, 4) is 5.75 Å². The van der Waals surface area contributed by atoms with E-state index in [9.17, 15) is 5.11 Å². The zero-order chi connectivity index (χ0) is 15.3. The van der Waals surface area contributed by atoms with Crippen LogP contribution in [0.25, 0.3) is 0 Å². The van der Waals surface area contributed by atoms with Gasteiger partial charge in [0.15, 0.2) is 0 Å². The molecular weight excluding hydrogens is 264 g/mol. The van der Waals surface area contributed by atoms with Crippen molar-refractivity contribution in [1.82, 2.24) is 0 Å². The van der Waals surface area contributed by atoms with Gasteiger partial charge in [0.1, 0.15) is 5.75 Å². The van der Waals surface area contributed by atoms with Gasteiger partial charge < -0.3 is 14.6 Å². The molecule has 0 spiro atoms. The van der Waals surface area contributed by atoms with E-state index in [1.165, 1.54) is 12.0 Å². The molecule has 2 rings (SSSR count). The summed E-state index contributed by atoms with van der Waals surface area (Å²) >= 11 is 0. The average molecular weight is 292 g/mol. The average Bonchev–Trinajstić information content (AvgIpc) is 2.49. The van der Waals surface area contributed by atoms with E-state index in [4.69, 9.17) is 9.47 Å².